The van der Waals surface area contributed by atoms with E-state index in [1.54, 1.807) is 43.0 Å². The fraction of sp³-hybridized carbons (Fsp3) is 0.423. The molecule has 180 valence electrons. The monoisotopic (exact) mass is 467 g/mol. The number of nitriles is 1. The van der Waals surface area contributed by atoms with Crippen LogP contribution in [0.2, 0.25) is 0 Å². The van der Waals surface area contributed by atoms with E-state index in [1.807, 2.05) is 26.8 Å². The number of carbonyl (C=O) groups is 1. The van der Waals surface area contributed by atoms with Gasteiger partial charge in [0, 0.05) is 17.7 Å². The number of carbonyl (C=O) groups excluding carboxylic acids is 1. The van der Waals surface area contributed by atoms with Crippen LogP contribution in [0.1, 0.15) is 61.7 Å². The number of hydrogen-bond acceptors (Lipinski definition) is 6. The molecule has 3 rings (SSSR count). The van der Waals surface area contributed by atoms with Gasteiger partial charge in [-0.1, -0.05) is 20.8 Å². The van der Waals surface area contributed by atoms with Crippen molar-refractivity contribution < 1.29 is 23.4 Å². The molecule has 0 unspecified atom stereocenters. The van der Waals surface area contributed by atoms with E-state index < -0.39 is 5.82 Å². The lowest BCUT2D eigenvalue weighted by atomic mass is 9.85. The van der Waals surface area contributed by atoms with Crippen molar-refractivity contribution in [1.29, 1.82) is 10.7 Å². The Morgan fingerprint density at radius 2 is 1.85 bits per heavy atom. The Morgan fingerprint density at radius 3 is 2.47 bits per heavy atom. The van der Waals surface area contributed by atoms with Gasteiger partial charge in [0.15, 0.2) is 29.7 Å². The minimum atomic E-state index is -0.642. The molecule has 7 nitrogen and oxygen atoms in total. The molecular formula is C26H30FN3O4. The van der Waals surface area contributed by atoms with E-state index in [4.69, 9.17) is 24.9 Å². The minimum Gasteiger partial charge on any atom is -0.490 e. The summed E-state index contributed by atoms with van der Waals surface area (Å²) in [6, 6.07) is 8.75. The van der Waals surface area contributed by atoms with Crippen molar-refractivity contribution in [2.24, 2.45) is 0 Å². The van der Waals surface area contributed by atoms with Gasteiger partial charge in [-0.25, -0.2) is 4.39 Å². The third-order valence-electron chi connectivity index (χ3n) is 5.51. The second-order valence-corrected chi connectivity index (χ2v) is 8.95. The number of halogens is 1. The number of ketones is 1. The zero-order chi connectivity index (χ0) is 25.0. The SMILES string of the molecule is CCOc1cc2c(c(F)c1OCC)C(=N)N(CC(=O)c1ccc(OCC#N)c(C(C)(C)C)c1)C2. The molecule has 1 N–H and O–H groups in total. The molecule has 8 heteroatoms. The van der Waals surface area contributed by atoms with E-state index in [-0.39, 0.29) is 54.7 Å². The zero-order valence-corrected chi connectivity index (χ0v) is 20.3. The highest BCUT2D eigenvalue weighted by Crippen LogP contribution is 2.39. The fourth-order valence-corrected chi connectivity index (χ4v) is 3.95. The molecule has 1 aliphatic rings. The predicted molar refractivity (Wildman–Crippen MR) is 127 cm³/mol. The minimum absolute atomic E-state index is 0.0104. The largest absolute Gasteiger partial charge is 0.490 e. The molecule has 1 aliphatic heterocycles. The smallest absolute Gasteiger partial charge is 0.197 e. The van der Waals surface area contributed by atoms with Crippen LogP contribution >= 0.6 is 0 Å². The quantitative estimate of drug-likeness (QED) is 0.530. The molecule has 0 saturated heterocycles. The van der Waals surface area contributed by atoms with Gasteiger partial charge in [0.1, 0.15) is 17.7 Å². The van der Waals surface area contributed by atoms with Crippen molar-refractivity contribution in [1.82, 2.24) is 4.90 Å². The van der Waals surface area contributed by atoms with Gasteiger partial charge in [-0.15, -0.1) is 0 Å². The molecule has 2 aromatic rings. The molecule has 0 bridgehead atoms. The van der Waals surface area contributed by atoms with Crippen molar-refractivity contribution >= 4 is 11.6 Å². The van der Waals surface area contributed by atoms with Crippen molar-refractivity contribution in [2.75, 3.05) is 26.4 Å². The van der Waals surface area contributed by atoms with Crippen LogP contribution in [0.15, 0.2) is 24.3 Å². The fourth-order valence-electron chi connectivity index (χ4n) is 3.95. The lowest BCUT2D eigenvalue weighted by molar-refractivity contribution is 0.0962. The third kappa shape index (κ3) is 4.98. The second kappa shape index (κ2) is 10.1. The van der Waals surface area contributed by atoms with Crippen LogP contribution < -0.4 is 14.2 Å². The number of rotatable bonds is 9. The number of hydrogen-bond donors (Lipinski definition) is 1. The molecule has 0 aromatic heterocycles. The van der Waals surface area contributed by atoms with Crippen LogP contribution in [0.3, 0.4) is 0 Å². The first-order chi connectivity index (χ1) is 16.1. The average Bonchev–Trinajstić information content (AvgIpc) is 3.09. The Labute approximate surface area is 199 Å². The van der Waals surface area contributed by atoms with E-state index in [0.717, 1.165) is 5.56 Å². The number of nitrogens with zero attached hydrogens (tertiary/aromatic N) is 2. The van der Waals surface area contributed by atoms with Crippen molar-refractivity contribution in [3.05, 3.63) is 52.3 Å². The van der Waals surface area contributed by atoms with E-state index >= 15 is 4.39 Å². The van der Waals surface area contributed by atoms with E-state index in [1.165, 1.54) is 0 Å². The molecule has 34 heavy (non-hydrogen) atoms. The van der Waals surface area contributed by atoms with Crippen LogP contribution in [0.25, 0.3) is 0 Å². The van der Waals surface area contributed by atoms with Crippen LogP contribution in [-0.4, -0.2) is 42.9 Å². The first-order valence-electron chi connectivity index (χ1n) is 11.2. The summed E-state index contributed by atoms with van der Waals surface area (Å²) in [5.74, 6) is -0.0638. The highest BCUT2D eigenvalue weighted by atomic mass is 19.1. The third-order valence-corrected chi connectivity index (χ3v) is 5.51. The van der Waals surface area contributed by atoms with Gasteiger partial charge in [-0.05, 0) is 49.1 Å². The molecule has 0 atom stereocenters. The second-order valence-electron chi connectivity index (χ2n) is 8.95. The number of benzene rings is 2. The Morgan fingerprint density at radius 1 is 1.15 bits per heavy atom. The van der Waals surface area contributed by atoms with Crippen molar-refractivity contribution in [2.45, 2.75) is 46.6 Å². The number of ether oxygens (including phenoxy) is 3. The van der Waals surface area contributed by atoms with Crippen LogP contribution in [-0.2, 0) is 12.0 Å². The lowest BCUT2D eigenvalue weighted by Gasteiger charge is -2.23. The van der Waals surface area contributed by atoms with Crippen LogP contribution in [0, 0.1) is 22.6 Å². The topological polar surface area (TPSA) is 95.6 Å². The summed E-state index contributed by atoms with van der Waals surface area (Å²) >= 11 is 0. The van der Waals surface area contributed by atoms with Gasteiger partial charge in [0.25, 0.3) is 0 Å². The molecular weight excluding hydrogens is 437 g/mol. The molecule has 0 radical (unpaired) electrons. The Kier molecular flexibility index (Phi) is 7.45. The summed E-state index contributed by atoms with van der Waals surface area (Å²) in [5, 5.41) is 17.4. The number of amidine groups is 1. The van der Waals surface area contributed by atoms with E-state index in [9.17, 15) is 4.79 Å². The summed E-state index contributed by atoms with van der Waals surface area (Å²) in [4.78, 5) is 14.7. The first-order valence-corrected chi connectivity index (χ1v) is 11.2. The normalized spacial score (nSPS) is 12.9. The molecule has 2 aromatic carbocycles. The van der Waals surface area contributed by atoms with Crippen molar-refractivity contribution in [3.63, 3.8) is 0 Å². The molecule has 0 aliphatic carbocycles. The highest BCUT2D eigenvalue weighted by molar-refractivity contribution is 6.05. The zero-order valence-electron chi connectivity index (χ0n) is 20.3. The van der Waals surface area contributed by atoms with E-state index in [0.29, 0.717) is 29.2 Å². The summed E-state index contributed by atoms with van der Waals surface area (Å²) < 4.78 is 31.8. The summed E-state index contributed by atoms with van der Waals surface area (Å²) in [6.45, 7) is 10.2. The summed E-state index contributed by atoms with van der Waals surface area (Å²) in [7, 11) is 0. The number of fused-ring (bicyclic) bond motifs is 1. The Bertz CT molecular complexity index is 1150. The lowest BCUT2D eigenvalue weighted by Crippen LogP contribution is -2.30. The summed E-state index contributed by atoms with van der Waals surface area (Å²) in [5.41, 5.74) is 1.67. The summed E-state index contributed by atoms with van der Waals surface area (Å²) in [6.07, 6.45) is 0. The van der Waals surface area contributed by atoms with Gasteiger partial charge < -0.3 is 19.1 Å². The first kappa shape index (κ1) is 25.0. The van der Waals surface area contributed by atoms with Gasteiger partial charge in [-0.2, -0.15) is 5.26 Å². The number of nitrogens with one attached hydrogen (secondary N) is 1. The molecule has 0 fully saturated rings. The van der Waals surface area contributed by atoms with Gasteiger partial charge in [0.2, 0.25) is 0 Å². The van der Waals surface area contributed by atoms with Crippen LogP contribution in [0.5, 0.6) is 17.2 Å². The highest BCUT2D eigenvalue weighted by Gasteiger charge is 2.33. The maximum atomic E-state index is 15.3. The van der Waals surface area contributed by atoms with Gasteiger partial charge in [0.05, 0.1) is 25.3 Å². The number of Topliss-reactive ketones (excluding diaryl/α,β-unsaturated/α-hetero) is 1. The van der Waals surface area contributed by atoms with Gasteiger partial charge in [-0.3, -0.25) is 10.2 Å². The maximum absolute atomic E-state index is 15.3. The molecule has 0 spiro atoms. The molecule has 1 heterocycles. The molecule has 0 amide bonds. The van der Waals surface area contributed by atoms with Crippen molar-refractivity contribution in [3.8, 4) is 23.3 Å². The van der Waals surface area contributed by atoms with E-state index in [2.05, 4.69) is 0 Å². The molecule has 0 saturated carbocycles. The predicted octanol–water partition coefficient (Wildman–Crippen LogP) is 4.85. The average molecular weight is 468 g/mol. The Hall–Kier alpha value is -3.60. The Balaban J connectivity index is 1.87. The van der Waals surface area contributed by atoms with Gasteiger partial charge >= 0.3 is 0 Å². The standard InChI is InChI=1S/C26H30FN3O4/c1-6-32-21-13-17-14-30(25(29)22(17)23(27)24(21)33-7-2)15-19(31)16-8-9-20(34-11-10-28)18(12-16)26(3,4)5/h8-9,12-13,29H,6-7,11,14-15H2,1-5H3. The van der Waals surface area contributed by atoms with Crippen LogP contribution in [0.4, 0.5) is 4.39 Å². The maximum Gasteiger partial charge on any atom is 0.197 e.